The molecule has 0 atom stereocenters. The smallest absolute Gasteiger partial charge is 0.351 e. The van der Waals surface area contributed by atoms with Gasteiger partial charge in [-0.1, -0.05) is 0 Å². The summed E-state index contributed by atoms with van der Waals surface area (Å²) in [6, 6.07) is 0. The van der Waals surface area contributed by atoms with Crippen LogP contribution in [0.15, 0.2) is 0 Å². The summed E-state index contributed by atoms with van der Waals surface area (Å²) in [6.45, 7) is 9.80. The van der Waals surface area contributed by atoms with Crippen LogP contribution in [0.3, 0.4) is 0 Å². The summed E-state index contributed by atoms with van der Waals surface area (Å²) in [5.74, 6) is 0. The van der Waals surface area contributed by atoms with Crippen molar-refractivity contribution in [1.29, 1.82) is 0 Å². The quantitative estimate of drug-likeness (QED) is 0.624. The molecule has 0 aromatic rings. The fourth-order valence-corrected chi connectivity index (χ4v) is 2.87. The van der Waals surface area contributed by atoms with E-state index in [-0.39, 0.29) is 41.7 Å². The van der Waals surface area contributed by atoms with Gasteiger partial charge < -0.3 is 17.7 Å². The van der Waals surface area contributed by atoms with Gasteiger partial charge in [-0.25, -0.2) is 0 Å². The zero-order valence-electron chi connectivity index (χ0n) is 9.46. The van der Waals surface area contributed by atoms with Crippen molar-refractivity contribution in [2.45, 2.75) is 27.7 Å². The topological polar surface area (TPSA) is 36.9 Å². The summed E-state index contributed by atoms with van der Waals surface area (Å²) in [5.41, 5.74) is 0. The van der Waals surface area contributed by atoms with Gasteiger partial charge in [-0.3, -0.25) is 0 Å². The second kappa shape index (κ2) is 10.9. The van der Waals surface area contributed by atoms with E-state index >= 15 is 0 Å². The van der Waals surface area contributed by atoms with Gasteiger partial charge in [0.15, 0.2) is 0 Å². The van der Waals surface area contributed by atoms with Crippen LogP contribution in [0.25, 0.3) is 0 Å². The minimum Gasteiger partial charge on any atom is -0.351 e. The first-order valence-corrected chi connectivity index (χ1v) is 6.43. The molecule has 0 amide bonds. The van der Waals surface area contributed by atoms with E-state index < -0.39 is 9.05 Å². The number of hydrogen-bond acceptors (Lipinski definition) is 4. The van der Waals surface area contributed by atoms with Gasteiger partial charge in [0.25, 0.3) is 0 Å². The fraction of sp³-hybridized carbons (Fsp3) is 1.00. The van der Waals surface area contributed by atoms with Gasteiger partial charge in [0.1, 0.15) is 0 Å². The minimum absolute atomic E-state index is 0. The third-order valence-electron chi connectivity index (χ3n) is 1.28. The van der Waals surface area contributed by atoms with E-state index in [9.17, 15) is 0 Å². The SMILES string of the molecule is CCO[Si](OCC)(OCC)OCC.[Ce]. The first-order chi connectivity index (χ1) is 6.24. The molecule has 0 saturated heterocycles. The Morgan fingerprint density at radius 3 is 1.00 bits per heavy atom. The van der Waals surface area contributed by atoms with Crippen molar-refractivity contribution in [2.24, 2.45) is 0 Å². The van der Waals surface area contributed by atoms with Crippen molar-refractivity contribution < 1.29 is 59.5 Å². The normalized spacial score (nSPS) is 11.1. The van der Waals surface area contributed by atoms with Crippen LogP contribution >= 0.6 is 0 Å². The van der Waals surface area contributed by atoms with Gasteiger partial charge in [-0.05, 0) is 27.7 Å². The van der Waals surface area contributed by atoms with Crippen molar-refractivity contribution >= 4 is 9.05 Å². The molecule has 0 unspecified atom stereocenters. The Morgan fingerprint density at radius 1 is 0.643 bits per heavy atom. The summed E-state index contributed by atoms with van der Waals surface area (Å²) in [5, 5.41) is 0. The maximum atomic E-state index is 5.42. The molecule has 0 aromatic carbocycles. The molecule has 0 aliphatic rings. The zero-order valence-corrected chi connectivity index (χ0v) is 13.6. The minimum atomic E-state index is -2.80. The Balaban J connectivity index is 0. The molecule has 0 N–H and O–H groups in total. The molecule has 0 saturated carbocycles. The van der Waals surface area contributed by atoms with Crippen LogP contribution in [0.5, 0.6) is 0 Å². The maximum absolute atomic E-state index is 5.42. The van der Waals surface area contributed by atoms with E-state index in [2.05, 4.69) is 0 Å². The molecule has 0 heterocycles. The van der Waals surface area contributed by atoms with Crippen LogP contribution in [-0.2, 0) is 17.7 Å². The molecule has 6 heteroatoms. The van der Waals surface area contributed by atoms with Crippen molar-refractivity contribution in [3.63, 3.8) is 0 Å². The summed E-state index contributed by atoms with van der Waals surface area (Å²) >= 11 is 0. The predicted molar refractivity (Wildman–Crippen MR) is 52.3 cm³/mol. The molecule has 84 valence electrons. The van der Waals surface area contributed by atoms with Gasteiger partial charge in [0.05, 0.1) is 0 Å². The summed E-state index contributed by atoms with van der Waals surface area (Å²) in [4.78, 5) is 0. The molecule has 0 aliphatic heterocycles. The van der Waals surface area contributed by atoms with Gasteiger partial charge in [0.2, 0.25) is 0 Å². The molecule has 0 aromatic heterocycles. The third kappa shape index (κ3) is 6.83. The predicted octanol–water partition coefficient (Wildman–Crippen LogP) is 1.57. The average Bonchev–Trinajstić information content (AvgIpc) is 2.06. The fourth-order valence-electron chi connectivity index (χ4n) is 0.957. The first kappa shape index (κ1) is 17.8. The molecule has 0 fully saturated rings. The summed E-state index contributed by atoms with van der Waals surface area (Å²) < 4.78 is 21.7. The van der Waals surface area contributed by atoms with Gasteiger partial charge in [-0.15, -0.1) is 0 Å². The van der Waals surface area contributed by atoms with E-state index in [0.29, 0.717) is 26.4 Å². The molecule has 0 radical (unpaired) electrons. The number of hydrogen-bond donors (Lipinski definition) is 0. The average molecular weight is 348 g/mol. The van der Waals surface area contributed by atoms with E-state index in [1.54, 1.807) is 0 Å². The van der Waals surface area contributed by atoms with Crippen molar-refractivity contribution in [3.8, 4) is 0 Å². The maximum Gasteiger partial charge on any atom is 0.679 e. The molecule has 0 rings (SSSR count). The molecule has 0 bridgehead atoms. The van der Waals surface area contributed by atoms with Gasteiger partial charge >= 0.3 is 9.05 Å². The monoisotopic (exact) mass is 348 g/mol. The van der Waals surface area contributed by atoms with E-state index in [0.717, 1.165) is 0 Å². The number of rotatable bonds is 8. The molecule has 0 aliphatic carbocycles. The second-order valence-electron chi connectivity index (χ2n) is 2.23. The summed E-state index contributed by atoms with van der Waals surface area (Å²) in [6.07, 6.45) is 0. The van der Waals surface area contributed by atoms with E-state index in [1.807, 2.05) is 27.7 Å². The molecule has 0 spiro atoms. The summed E-state index contributed by atoms with van der Waals surface area (Å²) in [7, 11) is -2.80. The molecule has 14 heavy (non-hydrogen) atoms. The van der Waals surface area contributed by atoms with Gasteiger partial charge in [-0.2, -0.15) is 0 Å². The van der Waals surface area contributed by atoms with Crippen molar-refractivity contribution in [2.75, 3.05) is 26.4 Å². The van der Waals surface area contributed by atoms with E-state index in [1.165, 1.54) is 0 Å². The van der Waals surface area contributed by atoms with Gasteiger partial charge in [0, 0.05) is 68.2 Å². The molecular formula is C8H20CeO4Si. The Labute approximate surface area is 122 Å². The van der Waals surface area contributed by atoms with Crippen LogP contribution in [0.2, 0.25) is 0 Å². The zero-order chi connectivity index (χ0) is 10.2. The second-order valence-corrected chi connectivity index (χ2v) is 4.39. The van der Waals surface area contributed by atoms with Crippen LogP contribution in [-0.4, -0.2) is 35.5 Å². The van der Waals surface area contributed by atoms with Crippen molar-refractivity contribution in [1.82, 2.24) is 0 Å². The largest absolute Gasteiger partial charge is 0.679 e. The van der Waals surface area contributed by atoms with Crippen molar-refractivity contribution in [3.05, 3.63) is 0 Å². The first-order valence-electron chi connectivity index (χ1n) is 4.80. The van der Waals surface area contributed by atoms with Crippen LogP contribution in [0, 0.1) is 41.7 Å². The Bertz CT molecular complexity index is 96.4. The standard InChI is InChI=1S/C8H20O4Si.Ce/c1-5-9-13(10-6-2,11-7-3)12-8-4;/h5-8H2,1-4H3;. The Hall–Kier alpha value is 1.43. The van der Waals surface area contributed by atoms with Crippen LogP contribution < -0.4 is 0 Å². The Morgan fingerprint density at radius 2 is 0.857 bits per heavy atom. The van der Waals surface area contributed by atoms with E-state index in [4.69, 9.17) is 17.7 Å². The van der Waals surface area contributed by atoms with Crippen LogP contribution in [0.4, 0.5) is 0 Å². The Kier molecular flexibility index (Phi) is 13.9. The van der Waals surface area contributed by atoms with Crippen LogP contribution in [0.1, 0.15) is 27.7 Å². The molecule has 4 nitrogen and oxygen atoms in total. The third-order valence-corrected chi connectivity index (χ3v) is 3.85. The molecular weight excluding hydrogens is 328 g/mol.